The summed E-state index contributed by atoms with van der Waals surface area (Å²) in [6.45, 7) is 2.87. The van der Waals surface area contributed by atoms with Crippen LogP contribution < -0.4 is 9.47 Å². The van der Waals surface area contributed by atoms with Gasteiger partial charge in [0, 0.05) is 43.4 Å². The Bertz CT molecular complexity index is 1660. The Hall–Kier alpha value is -4.37. The number of fused-ring (bicyclic) bond motifs is 1. The highest BCUT2D eigenvalue weighted by atomic mass is 32.1. The molecular formula is C30H26FN3O4S. The summed E-state index contributed by atoms with van der Waals surface area (Å²) < 4.78 is 29.0. The van der Waals surface area contributed by atoms with Gasteiger partial charge in [0.1, 0.15) is 23.1 Å². The maximum atomic E-state index is 15.0. The first-order chi connectivity index (χ1) is 18.9. The third-order valence-corrected chi connectivity index (χ3v) is 7.38. The van der Waals surface area contributed by atoms with Crippen LogP contribution >= 0.6 is 11.3 Å². The minimum absolute atomic E-state index is 0.0381. The Morgan fingerprint density at radius 3 is 2.56 bits per heavy atom. The van der Waals surface area contributed by atoms with Crippen LogP contribution in [0, 0.1) is 5.82 Å². The lowest BCUT2D eigenvalue weighted by atomic mass is 10.0. The van der Waals surface area contributed by atoms with Crippen molar-refractivity contribution in [2.24, 2.45) is 0 Å². The average Bonchev–Trinajstić information content (AvgIpc) is 3.58. The molecule has 198 valence electrons. The van der Waals surface area contributed by atoms with E-state index in [0.29, 0.717) is 17.1 Å². The van der Waals surface area contributed by atoms with Crippen LogP contribution in [0.1, 0.15) is 24.5 Å². The number of carbonyl (C=O) groups is 2. The van der Waals surface area contributed by atoms with Crippen molar-refractivity contribution >= 4 is 33.1 Å². The fraction of sp³-hybridized carbons (Fsp3) is 0.200. The predicted molar refractivity (Wildman–Crippen MR) is 148 cm³/mol. The van der Waals surface area contributed by atoms with E-state index in [0.717, 1.165) is 32.9 Å². The van der Waals surface area contributed by atoms with Crippen LogP contribution in [-0.2, 0) is 29.0 Å². The second-order valence-corrected chi connectivity index (χ2v) is 10.1. The van der Waals surface area contributed by atoms with Crippen LogP contribution in [0.3, 0.4) is 0 Å². The van der Waals surface area contributed by atoms with Crippen molar-refractivity contribution in [2.45, 2.75) is 32.7 Å². The molecule has 0 amide bonds. The summed E-state index contributed by atoms with van der Waals surface area (Å²) in [5.41, 5.74) is 2.77. The van der Waals surface area contributed by atoms with E-state index in [-0.39, 0.29) is 36.6 Å². The number of ether oxygens (including phenoxy) is 2. The molecule has 3 heterocycles. The van der Waals surface area contributed by atoms with Crippen molar-refractivity contribution in [1.29, 1.82) is 0 Å². The van der Waals surface area contributed by atoms with E-state index in [1.165, 1.54) is 30.6 Å². The molecule has 0 bridgehead atoms. The maximum absolute atomic E-state index is 15.0. The molecule has 0 aliphatic heterocycles. The number of hydrogen-bond donors (Lipinski definition) is 0. The third-order valence-electron chi connectivity index (χ3n) is 6.22. The molecule has 0 saturated carbocycles. The van der Waals surface area contributed by atoms with Crippen LogP contribution in [0.5, 0.6) is 17.2 Å². The number of ketones is 2. The fourth-order valence-corrected chi connectivity index (χ4v) is 5.30. The minimum atomic E-state index is -0.593. The van der Waals surface area contributed by atoms with Gasteiger partial charge in [0.25, 0.3) is 0 Å². The van der Waals surface area contributed by atoms with Gasteiger partial charge in [0.15, 0.2) is 11.6 Å². The lowest BCUT2D eigenvalue weighted by Crippen LogP contribution is -2.13. The molecule has 7 nitrogen and oxygen atoms in total. The summed E-state index contributed by atoms with van der Waals surface area (Å²) in [7, 11) is 1.54. The van der Waals surface area contributed by atoms with Gasteiger partial charge in [-0.1, -0.05) is 24.3 Å². The monoisotopic (exact) mass is 543 g/mol. The zero-order valence-corrected chi connectivity index (χ0v) is 22.3. The molecule has 39 heavy (non-hydrogen) atoms. The summed E-state index contributed by atoms with van der Waals surface area (Å²) >= 11 is 1.48. The fourth-order valence-electron chi connectivity index (χ4n) is 4.27. The highest BCUT2D eigenvalue weighted by molar-refractivity contribution is 7.22. The van der Waals surface area contributed by atoms with Gasteiger partial charge in [0.05, 0.1) is 40.6 Å². The number of imidazole rings is 1. The molecule has 2 aromatic carbocycles. The van der Waals surface area contributed by atoms with Crippen molar-refractivity contribution in [3.8, 4) is 27.8 Å². The Labute approximate surface area is 228 Å². The second kappa shape index (κ2) is 11.6. The second-order valence-electron chi connectivity index (χ2n) is 9.01. The number of para-hydroxylation sites is 1. The van der Waals surface area contributed by atoms with Gasteiger partial charge >= 0.3 is 0 Å². The summed E-state index contributed by atoms with van der Waals surface area (Å²) in [5.74, 6) is 0.0309. The number of hydrogen-bond acceptors (Lipinski definition) is 7. The highest BCUT2D eigenvalue weighted by Gasteiger charge is 2.17. The van der Waals surface area contributed by atoms with Gasteiger partial charge in [-0.15, -0.1) is 11.3 Å². The molecule has 9 heteroatoms. The first-order valence-corrected chi connectivity index (χ1v) is 13.3. The van der Waals surface area contributed by atoms with Crippen LogP contribution in [0.25, 0.3) is 20.8 Å². The van der Waals surface area contributed by atoms with E-state index in [1.54, 1.807) is 36.8 Å². The molecule has 0 radical (unpaired) electrons. The number of aromatic nitrogens is 3. The first kappa shape index (κ1) is 26.2. The zero-order valence-electron chi connectivity index (χ0n) is 21.5. The molecular weight excluding hydrogens is 517 g/mol. The molecule has 3 aromatic heterocycles. The molecule has 0 aliphatic carbocycles. The van der Waals surface area contributed by atoms with Crippen LogP contribution in [0.4, 0.5) is 4.39 Å². The number of halogens is 1. The molecule has 0 spiro atoms. The lowest BCUT2D eigenvalue weighted by molar-refractivity contribution is -0.126. The van der Waals surface area contributed by atoms with Crippen molar-refractivity contribution in [1.82, 2.24) is 14.5 Å². The van der Waals surface area contributed by atoms with Crippen molar-refractivity contribution in [3.05, 3.63) is 90.3 Å². The SMILES string of the molecule is CCn1cnc(-c2cc3nccc(Oc4ccc(CC(=O)CC(=O)Cc5ccccc5OC)cc4F)c3s2)c1. The van der Waals surface area contributed by atoms with E-state index < -0.39 is 5.82 Å². The normalized spacial score (nSPS) is 11.1. The molecule has 0 N–H and O–H groups in total. The number of benzene rings is 2. The van der Waals surface area contributed by atoms with Gasteiger partial charge < -0.3 is 14.0 Å². The van der Waals surface area contributed by atoms with Crippen molar-refractivity contribution in [3.63, 3.8) is 0 Å². The molecule has 0 saturated heterocycles. The number of thiophene rings is 1. The topological polar surface area (TPSA) is 83.3 Å². The van der Waals surface area contributed by atoms with Gasteiger partial charge in [-0.05, 0) is 36.8 Å². The standard InChI is InChI=1S/C30H26FN3O4S/c1-3-34-17-25(33-18-34)29-16-24-30(39-29)28(10-11-32-24)38-27-9-8-19(13-23(27)31)12-21(35)15-22(36)14-20-6-4-5-7-26(20)37-2/h4-11,13,16-18H,3,12,14-15H2,1-2H3. The number of nitrogens with zero attached hydrogens (tertiary/aromatic N) is 3. The molecule has 0 atom stereocenters. The largest absolute Gasteiger partial charge is 0.496 e. The highest BCUT2D eigenvalue weighted by Crippen LogP contribution is 2.39. The van der Waals surface area contributed by atoms with Gasteiger partial charge in [-0.25, -0.2) is 9.37 Å². The summed E-state index contributed by atoms with van der Waals surface area (Å²) in [4.78, 5) is 34.8. The van der Waals surface area contributed by atoms with Crippen molar-refractivity contribution in [2.75, 3.05) is 7.11 Å². The van der Waals surface area contributed by atoms with E-state index >= 15 is 0 Å². The maximum Gasteiger partial charge on any atom is 0.166 e. The van der Waals surface area contributed by atoms with Crippen molar-refractivity contribution < 1.29 is 23.5 Å². The molecule has 0 aliphatic rings. The summed E-state index contributed by atoms with van der Waals surface area (Å²) in [6.07, 6.45) is 5.19. The van der Waals surface area contributed by atoms with E-state index in [2.05, 4.69) is 9.97 Å². The van der Waals surface area contributed by atoms with E-state index in [4.69, 9.17) is 9.47 Å². The van der Waals surface area contributed by atoms with Gasteiger partial charge in [0.2, 0.25) is 0 Å². The molecule has 5 aromatic rings. The minimum Gasteiger partial charge on any atom is -0.496 e. The van der Waals surface area contributed by atoms with Gasteiger partial charge in [-0.2, -0.15) is 0 Å². The number of methoxy groups -OCH3 is 1. The number of Topliss-reactive ketones (excluding diaryl/α,β-unsaturated/α-hetero) is 2. The number of pyridine rings is 1. The zero-order chi connectivity index (χ0) is 27.4. The molecule has 0 unspecified atom stereocenters. The first-order valence-electron chi connectivity index (χ1n) is 12.5. The van der Waals surface area contributed by atoms with Crippen LogP contribution in [-0.4, -0.2) is 33.2 Å². The van der Waals surface area contributed by atoms with Gasteiger partial charge in [-0.3, -0.25) is 14.6 Å². The lowest BCUT2D eigenvalue weighted by Gasteiger charge is -2.09. The number of aryl methyl sites for hydroxylation is 1. The quantitative estimate of drug-likeness (QED) is 0.179. The summed E-state index contributed by atoms with van der Waals surface area (Å²) in [6, 6.07) is 15.2. The van der Waals surface area contributed by atoms with Crippen LogP contribution in [0.15, 0.2) is 73.3 Å². The Kier molecular flexibility index (Phi) is 7.79. The smallest absolute Gasteiger partial charge is 0.166 e. The summed E-state index contributed by atoms with van der Waals surface area (Å²) in [5, 5.41) is 0. The number of carbonyl (C=O) groups excluding carboxylic acids is 2. The van der Waals surface area contributed by atoms with Crippen LogP contribution in [0.2, 0.25) is 0 Å². The average molecular weight is 544 g/mol. The predicted octanol–water partition coefficient (Wildman–Crippen LogP) is 6.43. The Morgan fingerprint density at radius 1 is 0.974 bits per heavy atom. The van der Waals surface area contributed by atoms with E-state index in [1.807, 2.05) is 35.9 Å². The number of rotatable bonds is 11. The third kappa shape index (κ3) is 6.04. The molecule has 5 rings (SSSR count). The Morgan fingerprint density at radius 2 is 1.79 bits per heavy atom. The molecule has 0 fully saturated rings. The van der Waals surface area contributed by atoms with E-state index in [9.17, 15) is 14.0 Å². The Balaban J connectivity index is 1.25.